The van der Waals surface area contributed by atoms with Crippen LogP contribution < -0.4 is 5.32 Å². The van der Waals surface area contributed by atoms with Crippen LogP contribution in [-0.4, -0.2) is 20.5 Å². The molecule has 1 aromatic carbocycles. The summed E-state index contributed by atoms with van der Waals surface area (Å²) in [5, 5.41) is 16.5. The summed E-state index contributed by atoms with van der Waals surface area (Å²) in [6.45, 7) is 0.586. The van der Waals surface area contributed by atoms with E-state index in [4.69, 9.17) is 5.26 Å². The highest BCUT2D eigenvalue weighted by Gasteiger charge is 2.22. The highest BCUT2D eigenvalue weighted by molar-refractivity contribution is 6.00. The second-order valence-corrected chi connectivity index (χ2v) is 7.01. The predicted octanol–water partition coefficient (Wildman–Crippen LogP) is 3.35. The van der Waals surface area contributed by atoms with Crippen LogP contribution in [0.25, 0.3) is 22.2 Å². The van der Waals surface area contributed by atoms with Crippen molar-refractivity contribution in [2.24, 2.45) is 5.92 Å². The average molecular weight is 355 g/mol. The highest BCUT2D eigenvalue weighted by Crippen LogP contribution is 2.35. The summed E-state index contributed by atoms with van der Waals surface area (Å²) >= 11 is 0. The number of aromatic nitrogens is 3. The van der Waals surface area contributed by atoms with E-state index in [1.165, 1.54) is 0 Å². The van der Waals surface area contributed by atoms with E-state index in [1.807, 2.05) is 35.1 Å². The third-order valence-corrected chi connectivity index (χ3v) is 5.43. The van der Waals surface area contributed by atoms with E-state index in [1.54, 1.807) is 6.20 Å². The summed E-state index contributed by atoms with van der Waals surface area (Å²) in [7, 11) is 0. The lowest BCUT2D eigenvalue weighted by atomic mass is 9.88. The molecule has 132 valence electrons. The number of carbonyl (C=O) groups is 1. The Balaban J connectivity index is 1.65. The largest absolute Gasteiger partial charge is 0.348 e. The lowest BCUT2D eigenvalue weighted by Gasteiger charge is -2.17. The molecular weight excluding hydrogens is 338 g/mol. The van der Waals surface area contributed by atoms with Crippen LogP contribution in [-0.2, 0) is 6.54 Å². The standard InChI is InChI=1S/C21H17N5O/c22-10-13-1-3-14(4-2-13)19-20-18(12-25-26(20)8-7-23-19)15-5-6-16-11-24-21(27)17(16)9-15/h3,5-9,12-13H,1-2,4,11H2,(H,24,27). The fourth-order valence-corrected chi connectivity index (χ4v) is 3.94. The van der Waals surface area contributed by atoms with Crippen molar-refractivity contribution in [1.82, 2.24) is 19.9 Å². The Bertz CT molecular complexity index is 1150. The number of hydrogen-bond acceptors (Lipinski definition) is 4. The Kier molecular flexibility index (Phi) is 3.54. The summed E-state index contributed by atoms with van der Waals surface area (Å²) in [5.74, 6) is 0.0623. The number of rotatable bonds is 2. The molecular formula is C21H17N5O. The zero-order chi connectivity index (χ0) is 18.4. The summed E-state index contributed by atoms with van der Waals surface area (Å²) in [6.07, 6.45) is 10.0. The smallest absolute Gasteiger partial charge is 0.251 e. The highest BCUT2D eigenvalue weighted by atomic mass is 16.1. The molecule has 6 nitrogen and oxygen atoms in total. The summed E-state index contributed by atoms with van der Waals surface area (Å²) in [4.78, 5) is 16.7. The molecule has 1 unspecified atom stereocenters. The van der Waals surface area contributed by atoms with Crippen molar-refractivity contribution >= 4 is 17.0 Å². The second-order valence-electron chi connectivity index (χ2n) is 7.01. The van der Waals surface area contributed by atoms with Crippen molar-refractivity contribution in [2.45, 2.75) is 25.8 Å². The van der Waals surface area contributed by atoms with Crippen molar-refractivity contribution < 1.29 is 4.79 Å². The molecule has 0 fully saturated rings. The molecule has 3 heterocycles. The quantitative estimate of drug-likeness (QED) is 0.764. The van der Waals surface area contributed by atoms with Crippen molar-refractivity contribution in [1.29, 1.82) is 5.26 Å². The number of nitrogens with zero attached hydrogens (tertiary/aromatic N) is 4. The van der Waals surface area contributed by atoms with Gasteiger partial charge in [-0.25, -0.2) is 4.52 Å². The number of allylic oxidation sites excluding steroid dienone is 2. The van der Waals surface area contributed by atoms with Crippen LogP contribution in [0, 0.1) is 17.2 Å². The lowest BCUT2D eigenvalue weighted by Crippen LogP contribution is -2.12. The number of benzene rings is 1. The first-order valence-corrected chi connectivity index (χ1v) is 9.07. The van der Waals surface area contributed by atoms with Crippen molar-refractivity contribution in [3.8, 4) is 17.2 Å². The summed E-state index contributed by atoms with van der Waals surface area (Å²) in [5.41, 5.74) is 6.68. The van der Waals surface area contributed by atoms with E-state index in [0.717, 1.165) is 58.3 Å². The first-order chi connectivity index (χ1) is 13.2. The van der Waals surface area contributed by atoms with Gasteiger partial charge >= 0.3 is 0 Å². The Morgan fingerprint density at radius 2 is 2.22 bits per heavy atom. The normalized spacial score (nSPS) is 18.7. The van der Waals surface area contributed by atoms with E-state index < -0.39 is 0 Å². The summed E-state index contributed by atoms with van der Waals surface area (Å²) < 4.78 is 1.84. The lowest BCUT2D eigenvalue weighted by molar-refractivity contribution is 0.0966. The number of carbonyl (C=O) groups excluding carboxylic acids is 1. The SMILES string of the molecule is N#CC1CC=C(c2nccn3ncc(-c4ccc5c(c4)C(=O)NC5)c23)CC1. The molecule has 0 radical (unpaired) electrons. The van der Waals surface area contributed by atoms with Gasteiger partial charge in [0.15, 0.2) is 0 Å². The van der Waals surface area contributed by atoms with E-state index >= 15 is 0 Å². The molecule has 2 aromatic heterocycles. The maximum absolute atomic E-state index is 12.0. The molecule has 1 aliphatic carbocycles. The Hall–Kier alpha value is -3.46. The van der Waals surface area contributed by atoms with Gasteiger partial charge in [-0.15, -0.1) is 0 Å². The first-order valence-electron chi connectivity index (χ1n) is 9.07. The Morgan fingerprint density at radius 1 is 1.30 bits per heavy atom. The van der Waals surface area contributed by atoms with Gasteiger partial charge < -0.3 is 5.32 Å². The van der Waals surface area contributed by atoms with Crippen LogP contribution in [0.15, 0.2) is 42.9 Å². The van der Waals surface area contributed by atoms with Gasteiger partial charge in [0.2, 0.25) is 0 Å². The summed E-state index contributed by atoms with van der Waals surface area (Å²) in [6, 6.07) is 8.32. The first kappa shape index (κ1) is 15.8. The van der Waals surface area contributed by atoms with Gasteiger partial charge in [0.1, 0.15) is 0 Å². The van der Waals surface area contributed by atoms with Crippen LogP contribution in [0.2, 0.25) is 0 Å². The van der Waals surface area contributed by atoms with Crippen LogP contribution >= 0.6 is 0 Å². The molecule has 1 aliphatic heterocycles. The molecule has 5 rings (SSSR count). The third-order valence-electron chi connectivity index (χ3n) is 5.43. The van der Waals surface area contributed by atoms with Crippen LogP contribution in [0.3, 0.4) is 0 Å². The van der Waals surface area contributed by atoms with Gasteiger partial charge in [-0.1, -0.05) is 18.2 Å². The van der Waals surface area contributed by atoms with E-state index in [-0.39, 0.29) is 11.8 Å². The zero-order valence-electron chi connectivity index (χ0n) is 14.6. The monoisotopic (exact) mass is 355 g/mol. The zero-order valence-corrected chi connectivity index (χ0v) is 14.6. The van der Waals surface area contributed by atoms with E-state index in [2.05, 4.69) is 27.5 Å². The van der Waals surface area contributed by atoms with Gasteiger partial charge in [-0.3, -0.25) is 9.78 Å². The van der Waals surface area contributed by atoms with Gasteiger partial charge in [-0.05, 0) is 42.0 Å². The predicted molar refractivity (Wildman–Crippen MR) is 101 cm³/mol. The van der Waals surface area contributed by atoms with Crippen LogP contribution in [0.5, 0.6) is 0 Å². The van der Waals surface area contributed by atoms with Gasteiger partial charge in [0.25, 0.3) is 5.91 Å². The molecule has 3 aromatic rings. The van der Waals surface area contributed by atoms with E-state index in [0.29, 0.717) is 6.54 Å². The average Bonchev–Trinajstić information content (AvgIpc) is 3.31. The van der Waals surface area contributed by atoms with Gasteiger partial charge in [0, 0.05) is 30.1 Å². The van der Waals surface area contributed by atoms with Crippen molar-refractivity contribution in [3.05, 3.63) is 59.7 Å². The molecule has 27 heavy (non-hydrogen) atoms. The van der Waals surface area contributed by atoms with Crippen molar-refractivity contribution in [2.75, 3.05) is 0 Å². The fraction of sp³-hybridized carbons (Fsp3) is 0.238. The maximum Gasteiger partial charge on any atom is 0.251 e. The van der Waals surface area contributed by atoms with Crippen LogP contribution in [0.1, 0.15) is 40.9 Å². The van der Waals surface area contributed by atoms with Crippen molar-refractivity contribution in [3.63, 3.8) is 0 Å². The molecule has 0 saturated heterocycles. The fourth-order valence-electron chi connectivity index (χ4n) is 3.94. The van der Waals surface area contributed by atoms with Gasteiger partial charge in [-0.2, -0.15) is 10.4 Å². The number of amides is 1. The minimum absolute atomic E-state index is 0.0285. The third kappa shape index (κ3) is 2.51. The second kappa shape index (κ2) is 6.06. The molecule has 1 amide bonds. The molecule has 0 saturated carbocycles. The minimum atomic E-state index is -0.0285. The molecule has 0 bridgehead atoms. The maximum atomic E-state index is 12.0. The van der Waals surface area contributed by atoms with Crippen LogP contribution in [0.4, 0.5) is 0 Å². The van der Waals surface area contributed by atoms with E-state index in [9.17, 15) is 4.79 Å². The number of fused-ring (bicyclic) bond motifs is 2. The minimum Gasteiger partial charge on any atom is -0.348 e. The number of nitriles is 1. The Labute approximate surface area is 156 Å². The molecule has 1 atom stereocenters. The van der Waals surface area contributed by atoms with Gasteiger partial charge in [0.05, 0.1) is 29.4 Å². The number of hydrogen-bond donors (Lipinski definition) is 1. The number of nitrogens with one attached hydrogen (secondary N) is 1. The molecule has 1 N–H and O–H groups in total. The molecule has 2 aliphatic rings. The topological polar surface area (TPSA) is 83.1 Å². The molecule has 0 spiro atoms. The molecule has 6 heteroatoms. The Morgan fingerprint density at radius 3 is 3.04 bits per heavy atom.